The number of aromatic nitrogens is 4. The normalized spacial score (nSPS) is 12.3. The quantitative estimate of drug-likeness (QED) is 0.177. The number of nitrogen functional groups attached to an aromatic ring is 1. The van der Waals surface area contributed by atoms with Gasteiger partial charge in [-0.2, -0.15) is 18.3 Å². The Morgan fingerprint density at radius 3 is 2.37 bits per heavy atom. The van der Waals surface area contributed by atoms with Gasteiger partial charge in [-0.3, -0.25) is 0 Å². The molecule has 0 aliphatic heterocycles. The second-order valence-electron chi connectivity index (χ2n) is 10.1. The van der Waals surface area contributed by atoms with E-state index in [1.807, 2.05) is 0 Å². The van der Waals surface area contributed by atoms with Crippen molar-refractivity contribution in [3.8, 4) is 34.0 Å². The molecule has 3 aromatic heterocycles. The van der Waals surface area contributed by atoms with Crippen molar-refractivity contribution in [1.29, 1.82) is 0 Å². The molecule has 0 radical (unpaired) electrons. The average Bonchev–Trinajstić information content (AvgIpc) is 3.30. The first kappa shape index (κ1) is 31.2. The minimum atomic E-state index is -5.04. The summed E-state index contributed by atoms with van der Waals surface area (Å²) in [6, 6.07) is 7.55. The minimum Gasteiger partial charge on any atom is -0.490 e. The number of ether oxygens (including phenoxy) is 3. The van der Waals surface area contributed by atoms with Crippen LogP contribution in [0.2, 0.25) is 0 Å². The molecule has 4 rings (SSSR count). The average molecular weight is 613 g/mol. The van der Waals surface area contributed by atoms with Crippen LogP contribution in [-0.2, 0) is 10.9 Å². The Labute approximate surface area is 240 Å². The summed E-state index contributed by atoms with van der Waals surface area (Å²) in [5.41, 5.74) is 4.34. The van der Waals surface area contributed by atoms with Gasteiger partial charge in [0.15, 0.2) is 17.1 Å². The Hall–Kier alpha value is -4.76. The number of anilines is 1. The maximum atomic E-state index is 13.4. The lowest BCUT2D eigenvalue weighted by molar-refractivity contribution is -0.275. The van der Waals surface area contributed by atoms with Crippen LogP contribution in [0.4, 0.5) is 37.0 Å². The molecule has 0 aliphatic carbocycles. The van der Waals surface area contributed by atoms with E-state index < -0.39 is 41.4 Å². The van der Waals surface area contributed by atoms with Crippen LogP contribution in [-0.4, -0.2) is 50.8 Å². The van der Waals surface area contributed by atoms with Crippen molar-refractivity contribution in [2.45, 2.75) is 45.3 Å². The highest BCUT2D eigenvalue weighted by Crippen LogP contribution is 2.37. The van der Waals surface area contributed by atoms with Crippen LogP contribution in [0.25, 0.3) is 28.2 Å². The fraction of sp³-hybridized carbons (Fsp3) is 0.333. The van der Waals surface area contributed by atoms with Gasteiger partial charge in [0, 0.05) is 23.9 Å². The van der Waals surface area contributed by atoms with Gasteiger partial charge in [0.05, 0.1) is 29.8 Å². The van der Waals surface area contributed by atoms with Gasteiger partial charge < -0.3 is 25.3 Å². The lowest BCUT2D eigenvalue weighted by Crippen LogP contribution is -2.33. The van der Waals surface area contributed by atoms with E-state index in [0.29, 0.717) is 0 Å². The molecule has 4 aromatic rings. The van der Waals surface area contributed by atoms with Crippen molar-refractivity contribution in [2.75, 3.05) is 18.9 Å². The Balaban J connectivity index is 1.57. The fourth-order valence-electron chi connectivity index (χ4n) is 3.82. The van der Waals surface area contributed by atoms with Gasteiger partial charge in [-0.25, -0.2) is 19.3 Å². The molecular formula is C27H26F6N6O4. The molecule has 3 N–H and O–H groups in total. The molecule has 1 aromatic carbocycles. The second kappa shape index (κ2) is 11.9. The van der Waals surface area contributed by atoms with Gasteiger partial charge in [0.25, 0.3) is 0 Å². The molecule has 16 heteroatoms. The number of hydrogen-bond acceptors (Lipinski definition) is 8. The van der Waals surface area contributed by atoms with Crippen LogP contribution in [0.15, 0.2) is 48.8 Å². The number of amides is 1. The third-order valence-corrected chi connectivity index (χ3v) is 5.59. The molecule has 3 heterocycles. The topological polar surface area (TPSA) is 126 Å². The largest absolute Gasteiger partial charge is 0.573 e. The number of nitrogens with one attached hydrogen (secondary N) is 1. The number of fused-ring (bicyclic) bond motifs is 1. The minimum absolute atomic E-state index is 0.0182. The third-order valence-electron chi connectivity index (χ3n) is 5.59. The zero-order valence-corrected chi connectivity index (χ0v) is 23.0. The van der Waals surface area contributed by atoms with E-state index in [1.165, 1.54) is 35.0 Å². The third kappa shape index (κ3) is 8.17. The molecule has 0 aliphatic rings. The van der Waals surface area contributed by atoms with Crippen molar-refractivity contribution in [1.82, 2.24) is 24.9 Å². The zero-order valence-electron chi connectivity index (χ0n) is 23.0. The SMILES string of the molecule is CC(C)(C)OC(=O)NCCCOc1ccc(-c2ccc3ncc(-c4cnc(N)c(C(F)(F)F)c4)n3n2)cc1OC(F)(F)F. The summed E-state index contributed by atoms with van der Waals surface area (Å²) in [6.45, 7) is 5.20. The van der Waals surface area contributed by atoms with Crippen LogP contribution in [0.5, 0.6) is 11.5 Å². The number of nitrogens with two attached hydrogens (primary N) is 1. The lowest BCUT2D eigenvalue weighted by Gasteiger charge is -2.19. The van der Waals surface area contributed by atoms with Crippen molar-refractivity contribution >= 4 is 17.6 Å². The van der Waals surface area contributed by atoms with Gasteiger partial charge in [-0.15, -0.1) is 13.2 Å². The Kier molecular flexibility index (Phi) is 8.59. The standard InChI is InChI=1S/C27H26F6N6O4/c1-25(2,3)43-24(40)35-9-4-10-41-20-7-5-15(12-21(20)42-27(31,32)33)18-6-8-22-36-14-19(39(22)38-18)16-11-17(26(28,29)30)23(34)37-13-16/h5-8,11-14H,4,9-10H2,1-3H3,(H2,34,37)(H,35,40). The van der Waals surface area contributed by atoms with Gasteiger partial charge in [-0.1, -0.05) is 0 Å². The predicted octanol–water partition coefficient (Wildman–Crippen LogP) is 6.25. The summed E-state index contributed by atoms with van der Waals surface area (Å²) in [5.74, 6) is -1.55. The number of carbonyl (C=O) groups excluding carboxylic acids is 1. The Morgan fingerprint density at radius 2 is 1.70 bits per heavy atom. The summed E-state index contributed by atoms with van der Waals surface area (Å²) in [4.78, 5) is 19.5. The molecule has 1 amide bonds. The van der Waals surface area contributed by atoms with Crippen molar-refractivity contribution in [3.63, 3.8) is 0 Å². The summed E-state index contributed by atoms with van der Waals surface area (Å²) in [6.07, 6.45) is -7.76. The number of halogens is 6. The molecule has 0 unspecified atom stereocenters. The summed E-state index contributed by atoms with van der Waals surface area (Å²) in [5, 5.41) is 6.89. The fourth-order valence-corrected chi connectivity index (χ4v) is 3.82. The van der Waals surface area contributed by atoms with Crippen LogP contribution >= 0.6 is 0 Å². The maximum Gasteiger partial charge on any atom is 0.573 e. The number of carbonyl (C=O) groups is 1. The van der Waals surface area contributed by atoms with Crippen molar-refractivity contribution < 1.29 is 45.3 Å². The van der Waals surface area contributed by atoms with Crippen LogP contribution in [0.3, 0.4) is 0 Å². The van der Waals surface area contributed by atoms with Crippen LogP contribution < -0.4 is 20.5 Å². The summed E-state index contributed by atoms with van der Waals surface area (Å²) >= 11 is 0. The molecule has 0 fully saturated rings. The van der Waals surface area contributed by atoms with Gasteiger partial charge in [-0.05, 0) is 63.6 Å². The Bertz CT molecular complexity index is 1610. The van der Waals surface area contributed by atoms with Crippen LogP contribution in [0, 0.1) is 0 Å². The zero-order chi connectivity index (χ0) is 31.6. The molecule has 0 saturated heterocycles. The predicted molar refractivity (Wildman–Crippen MR) is 142 cm³/mol. The van der Waals surface area contributed by atoms with E-state index in [0.717, 1.165) is 18.3 Å². The van der Waals surface area contributed by atoms with Gasteiger partial charge in [0.2, 0.25) is 0 Å². The van der Waals surface area contributed by atoms with E-state index in [2.05, 4.69) is 25.1 Å². The number of rotatable bonds is 8. The number of imidazole rings is 1. The highest BCUT2D eigenvalue weighted by atomic mass is 19.4. The van der Waals surface area contributed by atoms with Gasteiger partial charge >= 0.3 is 18.6 Å². The van der Waals surface area contributed by atoms with Crippen molar-refractivity contribution in [2.24, 2.45) is 0 Å². The second-order valence-corrected chi connectivity index (χ2v) is 10.1. The van der Waals surface area contributed by atoms with E-state index >= 15 is 0 Å². The maximum absolute atomic E-state index is 13.4. The number of alkyl halides is 6. The number of pyridine rings is 1. The number of hydrogen-bond donors (Lipinski definition) is 2. The van der Waals surface area contributed by atoms with Crippen LogP contribution in [0.1, 0.15) is 32.8 Å². The van der Waals surface area contributed by atoms with E-state index in [-0.39, 0.29) is 53.5 Å². The molecular weight excluding hydrogens is 586 g/mol. The van der Waals surface area contributed by atoms with Gasteiger partial charge in [0.1, 0.15) is 11.4 Å². The van der Waals surface area contributed by atoms with E-state index in [1.54, 1.807) is 20.8 Å². The lowest BCUT2D eigenvalue weighted by atomic mass is 10.1. The highest BCUT2D eigenvalue weighted by Gasteiger charge is 2.35. The first-order valence-corrected chi connectivity index (χ1v) is 12.7. The number of nitrogens with zero attached hydrogens (tertiary/aromatic N) is 4. The van der Waals surface area contributed by atoms with Crippen molar-refractivity contribution in [3.05, 3.63) is 54.4 Å². The molecule has 0 atom stereocenters. The summed E-state index contributed by atoms with van der Waals surface area (Å²) in [7, 11) is 0. The van der Waals surface area contributed by atoms with E-state index in [4.69, 9.17) is 15.2 Å². The number of alkyl carbamates (subject to hydrolysis) is 1. The number of benzene rings is 1. The Morgan fingerprint density at radius 1 is 0.953 bits per heavy atom. The molecule has 43 heavy (non-hydrogen) atoms. The monoisotopic (exact) mass is 612 g/mol. The summed E-state index contributed by atoms with van der Waals surface area (Å²) < 4.78 is 95.8. The molecule has 0 spiro atoms. The molecule has 10 nitrogen and oxygen atoms in total. The highest BCUT2D eigenvalue weighted by molar-refractivity contribution is 5.69. The first-order chi connectivity index (χ1) is 20.0. The molecule has 0 bridgehead atoms. The first-order valence-electron chi connectivity index (χ1n) is 12.7. The molecule has 230 valence electrons. The smallest absolute Gasteiger partial charge is 0.490 e. The molecule has 0 saturated carbocycles. The van der Waals surface area contributed by atoms with E-state index in [9.17, 15) is 31.1 Å².